The fourth-order valence-electron chi connectivity index (χ4n) is 2.79. The Bertz CT molecular complexity index is 704. The number of carbonyl (C=O) groups excluding carboxylic acids is 1. The summed E-state index contributed by atoms with van der Waals surface area (Å²) in [7, 11) is 1.66. The van der Waals surface area contributed by atoms with Gasteiger partial charge in [-0.1, -0.05) is 12.1 Å². The van der Waals surface area contributed by atoms with Gasteiger partial charge in [-0.05, 0) is 12.1 Å². The Morgan fingerprint density at radius 1 is 1.54 bits per heavy atom. The lowest BCUT2D eigenvalue weighted by Gasteiger charge is -2.34. The van der Waals surface area contributed by atoms with Crippen LogP contribution in [0.15, 0.2) is 30.5 Å². The summed E-state index contributed by atoms with van der Waals surface area (Å²) in [4.78, 5) is 19.2. The molecule has 2 N–H and O–H groups in total. The molecule has 2 aromatic rings. The number of rotatable bonds is 6. The van der Waals surface area contributed by atoms with Crippen LogP contribution in [0.1, 0.15) is 11.3 Å². The van der Waals surface area contributed by atoms with Crippen LogP contribution in [0.4, 0.5) is 0 Å². The molecule has 128 valence electrons. The van der Waals surface area contributed by atoms with E-state index in [0.717, 1.165) is 34.3 Å². The van der Waals surface area contributed by atoms with Crippen molar-refractivity contribution in [3.8, 4) is 16.3 Å². The molecule has 1 atom stereocenters. The molecule has 3 rings (SSSR count). The van der Waals surface area contributed by atoms with Crippen LogP contribution in [0.5, 0.6) is 5.75 Å². The lowest BCUT2D eigenvalue weighted by molar-refractivity contribution is -0.121. The van der Waals surface area contributed by atoms with Gasteiger partial charge in [0.05, 0.1) is 20.3 Å². The number of nitrogens with two attached hydrogens (primary N) is 1. The molecule has 1 saturated heterocycles. The van der Waals surface area contributed by atoms with E-state index in [2.05, 4.69) is 9.88 Å². The highest BCUT2D eigenvalue weighted by molar-refractivity contribution is 7.15. The van der Waals surface area contributed by atoms with E-state index in [1.807, 2.05) is 30.5 Å². The molecule has 0 bridgehead atoms. The first-order valence-electron chi connectivity index (χ1n) is 7.85. The Balaban J connectivity index is 1.71. The first kappa shape index (κ1) is 16.9. The number of thiazole rings is 1. The van der Waals surface area contributed by atoms with Gasteiger partial charge in [0.1, 0.15) is 10.8 Å². The zero-order chi connectivity index (χ0) is 16.9. The maximum Gasteiger partial charge on any atom is 0.219 e. The number of methoxy groups -OCH3 is 1. The predicted molar refractivity (Wildman–Crippen MR) is 92.9 cm³/mol. The van der Waals surface area contributed by atoms with Crippen molar-refractivity contribution in [2.45, 2.75) is 19.0 Å². The number of hydrogen-bond acceptors (Lipinski definition) is 6. The number of benzene rings is 1. The third kappa shape index (κ3) is 4.11. The second kappa shape index (κ2) is 7.74. The fraction of sp³-hybridized carbons (Fsp3) is 0.412. The summed E-state index contributed by atoms with van der Waals surface area (Å²) < 4.78 is 10.7. The van der Waals surface area contributed by atoms with Gasteiger partial charge < -0.3 is 15.2 Å². The smallest absolute Gasteiger partial charge is 0.219 e. The number of amides is 1. The van der Waals surface area contributed by atoms with Crippen LogP contribution in [-0.2, 0) is 16.1 Å². The molecule has 24 heavy (non-hydrogen) atoms. The van der Waals surface area contributed by atoms with Crippen LogP contribution in [-0.4, -0.2) is 48.7 Å². The standard InChI is InChI=1S/C17H21N3O3S/c1-22-14-4-2-3-12(7-14)17-19-9-15(24-17)10-20-5-6-23-11-13(20)8-16(18)21/h2-4,7,9,13H,5-6,8,10-11H2,1H3,(H2,18,21)/t13-/m1/s1. The quantitative estimate of drug-likeness (QED) is 0.863. The minimum atomic E-state index is -0.295. The topological polar surface area (TPSA) is 77.7 Å². The number of nitrogens with zero attached hydrogens (tertiary/aromatic N) is 2. The van der Waals surface area contributed by atoms with Crippen LogP contribution < -0.4 is 10.5 Å². The fourth-order valence-corrected chi connectivity index (χ4v) is 3.72. The Hall–Kier alpha value is -1.96. The van der Waals surface area contributed by atoms with Gasteiger partial charge in [0.2, 0.25) is 5.91 Å². The molecule has 0 unspecified atom stereocenters. The van der Waals surface area contributed by atoms with Gasteiger partial charge in [-0.3, -0.25) is 9.69 Å². The summed E-state index contributed by atoms with van der Waals surface area (Å²) in [6, 6.07) is 7.92. The van der Waals surface area contributed by atoms with E-state index in [1.165, 1.54) is 0 Å². The Labute approximate surface area is 145 Å². The third-order valence-electron chi connectivity index (χ3n) is 4.02. The van der Waals surface area contributed by atoms with E-state index in [-0.39, 0.29) is 11.9 Å². The molecule has 0 saturated carbocycles. The van der Waals surface area contributed by atoms with Gasteiger partial charge in [-0.15, -0.1) is 11.3 Å². The minimum Gasteiger partial charge on any atom is -0.497 e. The molecular formula is C17H21N3O3S. The summed E-state index contributed by atoms with van der Waals surface area (Å²) in [5.41, 5.74) is 6.39. The first-order valence-corrected chi connectivity index (χ1v) is 8.66. The normalized spacial score (nSPS) is 18.5. The van der Waals surface area contributed by atoms with Crippen LogP contribution in [0.25, 0.3) is 10.6 Å². The molecule has 0 spiro atoms. The van der Waals surface area contributed by atoms with Crippen molar-refractivity contribution in [2.24, 2.45) is 5.73 Å². The number of aromatic nitrogens is 1. The average Bonchev–Trinajstić information content (AvgIpc) is 3.05. The van der Waals surface area contributed by atoms with Gasteiger partial charge in [0.15, 0.2) is 0 Å². The second-order valence-corrected chi connectivity index (χ2v) is 6.85. The molecule has 0 aliphatic carbocycles. The maximum absolute atomic E-state index is 11.2. The van der Waals surface area contributed by atoms with Crippen LogP contribution in [0, 0.1) is 0 Å². The minimum absolute atomic E-state index is 0.0404. The van der Waals surface area contributed by atoms with Crippen molar-refractivity contribution in [2.75, 3.05) is 26.9 Å². The van der Waals surface area contributed by atoms with Crippen molar-refractivity contribution in [1.82, 2.24) is 9.88 Å². The molecule has 1 aliphatic heterocycles. The third-order valence-corrected chi connectivity index (χ3v) is 5.05. The number of primary amides is 1. The highest BCUT2D eigenvalue weighted by Crippen LogP contribution is 2.29. The van der Waals surface area contributed by atoms with Crippen LogP contribution in [0.2, 0.25) is 0 Å². The molecule has 1 amide bonds. The predicted octanol–water partition coefficient (Wildman–Crippen LogP) is 1.89. The maximum atomic E-state index is 11.2. The Kier molecular flexibility index (Phi) is 5.44. The van der Waals surface area contributed by atoms with E-state index in [9.17, 15) is 4.79 Å². The summed E-state index contributed by atoms with van der Waals surface area (Å²) in [5.74, 6) is 0.524. The summed E-state index contributed by atoms with van der Waals surface area (Å²) in [6.07, 6.45) is 2.22. The lowest BCUT2D eigenvalue weighted by atomic mass is 10.1. The van der Waals surface area contributed by atoms with E-state index in [0.29, 0.717) is 19.6 Å². The van der Waals surface area contributed by atoms with Crippen molar-refractivity contribution < 1.29 is 14.3 Å². The number of carbonyl (C=O) groups is 1. The highest BCUT2D eigenvalue weighted by Gasteiger charge is 2.25. The molecule has 1 fully saturated rings. The SMILES string of the molecule is COc1cccc(-c2ncc(CN3CCOC[C@H]3CC(N)=O)s2)c1. The van der Waals surface area contributed by atoms with Gasteiger partial charge in [0, 0.05) is 42.2 Å². The van der Waals surface area contributed by atoms with Gasteiger partial charge in [0.25, 0.3) is 0 Å². The second-order valence-electron chi connectivity index (χ2n) is 5.73. The molecule has 1 aromatic carbocycles. The van der Waals surface area contributed by atoms with Gasteiger partial charge in [-0.25, -0.2) is 4.98 Å². The molecule has 7 heteroatoms. The Morgan fingerprint density at radius 3 is 3.21 bits per heavy atom. The monoisotopic (exact) mass is 347 g/mol. The molecule has 2 heterocycles. The van der Waals surface area contributed by atoms with Crippen LogP contribution >= 0.6 is 11.3 Å². The van der Waals surface area contributed by atoms with Crippen molar-refractivity contribution >= 4 is 17.2 Å². The number of morpholine rings is 1. The van der Waals surface area contributed by atoms with E-state index < -0.39 is 0 Å². The van der Waals surface area contributed by atoms with E-state index >= 15 is 0 Å². The van der Waals surface area contributed by atoms with Gasteiger partial charge in [-0.2, -0.15) is 0 Å². The highest BCUT2D eigenvalue weighted by atomic mass is 32.1. The first-order chi connectivity index (χ1) is 11.7. The zero-order valence-corrected chi connectivity index (χ0v) is 14.4. The van der Waals surface area contributed by atoms with Crippen molar-refractivity contribution in [3.63, 3.8) is 0 Å². The number of hydrogen-bond donors (Lipinski definition) is 1. The molecular weight excluding hydrogens is 326 g/mol. The molecule has 6 nitrogen and oxygen atoms in total. The molecule has 1 aromatic heterocycles. The molecule has 0 radical (unpaired) electrons. The average molecular weight is 347 g/mol. The summed E-state index contributed by atoms with van der Waals surface area (Å²) in [6.45, 7) is 2.77. The van der Waals surface area contributed by atoms with E-state index in [1.54, 1.807) is 18.4 Å². The largest absolute Gasteiger partial charge is 0.497 e. The Morgan fingerprint density at radius 2 is 2.42 bits per heavy atom. The lowest BCUT2D eigenvalue weighted by Crippen LogP contribution is -2.46. The van der Waals surface area contributed by atoms with Crippen LogP contribution in [0.3, 0.4) is 0 Å². The summed E-state index contributed by atoms with van der Waals surface area (Å²) >= 11 is 1.65. The van der Waals surface area contributed by atoms with Gasteiger partial charge >= 0.3 is 0 Å². The van der Waals surface area contributed by atoms with Crippen molar-refractivity contribution in [3.05, 3.63) is 35.3 Å². The number of ether oxygens (including phenoxy) is 2. The molecule has 1 aliphatic rings. The van der Waals surface area contributed by atoms with Crippen molar-refractivity contribution in [1.29, 1.82) is 0 Å². The summed E-state index contributed by atoms with van der Waals surface area (Å²) in [5, 5.41) is 0.962. The zero-order valence-electron chi connectivity index (χ0n) is 13.6. The van der Waals surface area contributed by atoms with E-state index in [4.69, 9.17) is 15.2 Å².